The molecule has 7 nitrogen and oxygen atoms in total. The highest BCUT2D eigenvalue weighted by molar-refractivity contribution is 6.01. The molecule has 2 aromatic heterocycles. The van der Waals surface area contributed by atoms with Crippen LogP contribution < -0.4 is 10.2 Å². The Kier molecular flexibility index (Phi) is 5.72. The van der Waals surface area contributed by atoms with Gasteiger partial charge in [0.15, 0.2) is 0 Å². The Labute approximate surface area is 211 Å². The maximum Gasteiger partial charge on any atom is 0.269 e. The summed E-state index contributed by atoms with van der Waals surface area (Å²) in [6, 6.07) is 12.9. The van der Waals surface area contributed by atoms with Crippen LogP contribution in [0.5, 0.6) is 0 Å². The average molecular weight is 482 g/mol. The molecular weight excluding hydrogens is 450 g/mol. The molecular formula is C29H31N5O2. The van der Waals surface area contributed by atoms with E-state index in [1.54, 1.807) is 7.05 Å². The van der Waals surface area contributed by atoms with E-state index in [0.717, 1.165) is 72.2 Å². The van der Waals surface area contributed by atoms with Gasteiger partial charge in [-0.3, -0.25) is 9.48 Å². The lowest BCUT2D eigenvalue weighted by atomic mass is 9.93. The summed E-state index contributed by atoms with van der Waals surface area (Å²) in [5.41, 5.74) is 7.58. The van der Waals surface area contributed by atoms with Gasteiger partial charge < -0.3 is 15.0 Å². The minimum atomic E-state index is -0.180. The molecule has 1 saturated heterocycles. The Morgan fingerprint density at radius 2 is 2.06 bits per heavy atom. The van der Waals surface area contributed by atoms with Crippen LogP contribution >= 0.6 is 0 Å². The Morgan fingerprint density at radius 3 is 2.81 bits per heavy atom. The molecule has 0 saturated carbocycles. The number of benzene rings is 2. The zero-order chi connectivity index (χ0) is 24.8. The van der Waals surface area contributed by atoms with Gasteiger partial charge in [0.2, 0.25) is 0 Å². The van der Waals surface area contributed by atoms with Crippen molar-refractivity contribution < 1.29 is 9.53 Å². The first-order valence-corrected chi connectivity index (χ1v) is 12.7. The molecule has 1 amide bonds. The fraction of sp³-hybridized carbons (Fsp3) is 0.345. The number of aromatic nitrogens is 3. The van der Waals surface area contributed by atoms with E-state index < -0.39 is 0 Å². The number of hydrogen-bond donors (Lipinski definition) is 1. The molecule has 6 rings (SSSR count). The summed E-state index contributed by atoms with van der Waals surface area (Å²) in [4.78, 5) is 19.9. The van der Waals surface area contributed by atoms with Crippen molar-refractivity contribution in [2.45, 2.75) is 38.7 Å². The number of nitrogens with zero attached hydrogens (tertiary/aromatic N) is 4. The molecule has 2 aromatic carbocycles. The van der Waals surface area contributed by atoms with E-state index in [4.69, 9.17) is 9.72 Å². The van der Waals surface area contributed by atoms with Crippen LogP contribution in [-0.2, 0) is 18.2 Å². The standard InChI is InChI=1S/C29H31N5O2/c1-18-12-26-19(14-24(18)22-16-31-33(3)17-22)6-4-10-34(26)28-23-9-8-20(27-7-5-11-36-27)13-21(23)15-25(32-28)29(35)30-2/h8-9,12-17,27H,4-7,10-11H2,1-3H3,(H,30,35). The highest BCUT2D eigenvalue weighted by Crippen LogP contribution is 2.40. The maximum absolute atomic E-state index is 12.7. The smallest absolute Gasteiger partial charge is 0.269 e. The van der Waals surface area contributed by atoms with Gasteiger partial charge in [-0.2, -0.15) is 5.10 Å². The normalized spacial score (nSPS) is 17.4. The van der Waals surface area contributed by atoms with Gasteiger partial charge in [0.25, 0.3) is 5.91 Å². The predicted molar refractivity (Wildman–Crippen MR) is 142 cm³/mol. The van der Waals surface area contributed by atoms with Gasteiger partial charge in [-0.05, 0) is 84.5 Å². The minimum absolute atomic E-state index is 0.124. The highest BCUT2D eigenvalue weighted by atomic mass is 16.5. The second-order valence-electron chi connectivity index (χ2n) is 9.85. The summed E-state index contributed by atoms with van der Waals surface area (Å²) in [5.74, 6) is 0.653. The molecule has 2 aliphatic heterocycles. The van der Waals surface area contributed by atoms with Gasteiger partial charge >= 0.3 is 0 Å². The lowest BCUT2D eigenvalue weighted by Gasteiger charge is -2.32. The fourth-order valence-electron chi connectivity index (χ4n) is 5.58. The quantitative estimate of drug-likeness (QED) is 0.432. The number of aryl methyl sites for hydroxylation is 3. The number of fused-ring (bicyclic) bond motifs is 2. The number of nitrogens with one attached hydrogen (secondary N) is 1. The number of hydrogen-bond acceptors (Lipinski definition) is 5. The number of pyridine rings is 1. The Bertz CT molecular complexity index is 1470. The van der Waals surface area contributed by atoms with Crippen molar-refractivity contribution in [3.63, 3.8) is 0 Å². The van der Waals surface area contributed by atoms with Crippen LogP contribution in [0.4, 0.5) is 11.5 Å². The number of ether oxygens (including phenoxy) is 1. The average Bonchev–Trinajstić information content (AvgIpc) is 3.59. The van der Waals surface area contributed by atoms with Crippen molar-refractivity contribution in [2.75, 3.05) is 25.1 Å². The van der Waals surface area contributed by atoms with E-state index in [1.807, 2.05) is 24.0 Å². The Hall–Kier alpha value is -3.71. The van der Waals surface area contributed by atoms with E-state index >= 15 is 0 Å². The lowest BCUT2D eigenvalue weighted by molar-refractivity contribution is 0.0958. The first-order valence-electron chi connectivity index (χ1n) is 12.7. The van der Waals surface area contributed by atoms with Crippen molar-refractivity contribution in [1.29, 1.82) is 0 Å². The first-order chi connectivity index (χ1) is 17.5. The molecule has 0 bridgehead atoms. The summed E-state index contributed by atoms with van der Waals surface area (Å²) >= 11 is 0. The summed E-state index contributed by atoms with van der Waals surface area (Å²) < 4.78 is 7.77. The lowest BCUT2D eigenvalue weighted by Crippen LogP contribution is -2.27. The first kappa shape index (κ1) is 22.7. The molecule has 36 heavy (non-hydrogen) atoms. The van der Waals surface area contributed by atoms with Gasteiger partial charge in [0.05, 0.1) is 12.3 Å². The van der Waals surface area contributed by atoms with Crippen molar-refractivity contribution in [3.05, 3.63) is 71.2 Å². The number of rotatable bonds is 4. The van der Waals surface area contributed by atoms with Crippen LogP contribution in [0.3, 0.4) is 0 Å². The third-order valence-electron chi connectivity index (χ3n) is 7.41. The van der Waals surface area contributed by atoms with Crippen LogP contribution in [0.2, 0.25) is 0 Å². The SMILES string of the molecule is CNC(=O)c1cc2cc(C3CCCO3)ccc2c(N2CCCc3cc(-c4cnn(C)c4)c(C)cc32)n1. The van der Waals surface area contributed by atoms with Crippen molar-refractivity contribution in [3.8, 4) is 11.1 Å². The van der Waals surface area contributed by atoms with Gasteiger partial charge in [-0.1, -0.05) is 12.1 Å². The third-order valence-corrected chi connectivity index (χ3v) is 7.41. The van der Waals surface area contributed by atoms with E-state index in [2.05, 4.69) is 58.8 Å². The molecule has 7 heteroatoms. The monoisotopic (exact) mass is 481 g/mol. The number of anilines is 2. The topological polar surface area (TPSA) is 72.3 Å². The van der Waals surface area contributed by atoms with E-state index in [-0.39, 0.29) is 12.0 Å². The van der Waals surface area contributed by atoms with E-state index in [9.17, 15) is 4.79 Å². The fourth-order valence-corrected chi connectivity index (χ4v) is 5.58. The van der Waals surface area contributed by atoms with Crippen LogP contribution in [0.1, 0.15) is 52.5 Å². The summed E-state index contributed by atoms with van der Waals surface area (Å²) in [7, 11) is 3.59. The largest absolute Gasteiger partial charge is 0.374 e. The number of carbonyl (C=O) groups is 1. The molecule has 4 heterocycles. The van der Waals surface area contributed by atoms with E-state index in [0.29, 0.717) is 5.69 Å². The third kappa shape index (κ3) is 3.93. The Morgan fingerprint density at radius 1 is 1.17 bits per heavy atom. The van der Waals surface area contributed by atoms with Gasteiger partial charge in [-0.25, -0.2) is 4.98 Å². The maximum atomic E-state index is 12.7. The summed E-state index contributed by atoms with van der Waals surface area (Å²) in [6.45, 7) is 3.81. The minimum Gasteiger partial charge on any atom is -0.374 e. The van der Waals surface area contributed by atoms with Crippen molar-refractivity contribution in [2.24, 2.45) is 7.05 Å². The molecule has 2 aliphatic rings. The van der Waals surface area contributed by atoms with E-state index in [1.165, 1.54) is 16.7 Å². The zero-order valence-electron chi connectivity index (χ0n) is 21.0. The van der Waals surface area contributed by atoms with Crippen molar-refractivity contribution in [1.82, 2.24) is 20.1 Å². The van der Waals surface area contributed by atoms with Crippen LogP contribution in [0.25, 0.3) is 21.9 Å². The molecule has 1 unspecified atom stereocenters. The van der Waals surface area contributed by atoms with Gasteiger partial charge in [-0.15, -0.1) is 0 Å². The molecule has 1 N–H and O–H groups in total. The molecule has 184 valence electrons. The Balaban J connectivity index is 1.49. The van der Waals surface area contributed by atoms with Crippen LogP contribution in [0, 0.1) is 6.92 Å². The molecule has 1 atom stereocenters. The molecule has 0 aliphatic carbocycles. The zero-order valence-corrected chi connectivity index (χ0v) is 21.0. The van der Waals surface area contributed by atoms with Crippen molar-refractivity contribution >= 4 is 28.2 Å². The molecule has 4 aromatic rings. The van der Waals surface area contributed by atoms with Crippen LogP contribution in [-0.4, -0.2) is 40.9 Å². The van der Waals surface area contributed by atoms with Gasteiger partial charge in [0.1, 0.15) is 11.5 Å². The number of amides is 1. The predicted octanol–water partition coefficient (Wildman–Crippen LogP) is 5.24. The second kappa shape index (κ2) is 9.06. The summed E-state index contributed by atoms with van der Waals surface area (Å²) in [6.07, 6.45) is 8.24. The van der Waals surface area contributed by atoms with Gasteiger partial charge in [0, 0.05) is 50.1 Å². The molecule has 0 spiro atoms. The van der Waals surface area contributed by atoms with Crippen LogP contribution in [0.15, 0.2) is 48.8 Å². The number of carbonyl (C=O) groups excluding carboxylic acids is 1. The molecule has 0 radical (unpaired) electrons. The molecule has 1 fully saturated rings. The summed E-state index contributed by atoms with van der Waals surface area (Å²) in [5, 5.41) is 9.17. The highest BCUT2D eigenvalue weighted by Gasteiger charge is 2.25. The second-order valence-corrected chi connectivity index (χ2v) is 9.85.